The molecule has 2 aromatic carbocycles. The van der Waals surface area contributed by atoms with Crippen molar-refractivity contribution in [2.45, 2.75) is 84.2 Å². The van der Waals surface area contributed by atoms with Crippen LogP contribution >= 0.6 is 0 Å². The second-order valence-corrected chi connectivity index (χ2v) is 10.1. The Hall–Kier alpha value is -1.72. The molecule has 2 aromatic rings. The predicted octanol–water partition coefficient (Wildman–Crippen LogP) is 4.19. The number of rotatable bonds is 6. The molecule has 0 amide bonds. The van der Waals surface area contributed by atoms with E-state index in [-0.39, 0.29) is 0 Å². The first-order valence-electron chi connectivity index (χ1n) is 10.1. The molecule has 160 valence electrons. The van der Waals surface area contributed by atoms with Crippen molar-refractivity contribution >= 4 is 0 Å². The summed E-state index contributed by atoms with van der Waals surface area (Å²) in [5, 5.41) is 44.3. The zero-order chi connectivity index (χ0) is 22.4. The van der Waals surface area contributed by atoms with Crippen LogP contribution in [0.2, 0.25) is 0 Å². The summed E-state index contributed by atoms with van der Waals surface area (Å²) in [4.78, 5) is 0. The minimum atomic E-state index is -1.35. The summed E-state index contributed by atoms with van der Waals surface area (Å²) in [6, 6.07) is 11.7. The van der Waals surface area contributed by atoms with Crippen LogP contribution in [0.5, 0.6) is 0 Å². The van der Waals surface area contributed by atoms with E-state index in [0.717, 1.165) is 11.1 Å². The molecule has 0 aromatic heterocycles. The highest BCUT2D eigenvalue weighted by Gasteiger charge is 2.40. The minimum absolute atomic E-state index is 0.450. The van der Waals surface area contributed by atoms with Crippen molar-refractivity contribution in [1.82, 2.24) is 0 Å². The van der Waals surface area contributed by atoms with Crippen molar-refractivity contribution < 1.29 is 20.4 Å². The molecule has 0 saturated carbocycles. The maximum Gasteiger partial charge on any atom is 0.0848 e. The molecule has 29 heavy (non-hydrogen) atoms. The van der Waals surface area contributed by atoms with Crippen LogP contribution in [0.4, 0.5) is 0 Å². The zero-order valence-electron chi connectivity index (χ0n) is 19.0. The highest BCUT2D eigenvalue weighted by molar-refractivity contribution is 5.55. The lowest BCUT2D eigenvalue weighted by Crippen LogP contribution is -2.36. The van der Waals surface area contributed by atoms with Crippen LogP contribution in [0.3, 0.4) is 0 Å². The highest BCUT2D eigenvalue weighted by atomic mass is 16.3. The quantitative estimate of drug-likeness (QED) is 0.586. The summed E-state index contributed by atoms with van der Waals surface area (Å²) >= 11 is 0. The number of hydrogen-bond acceptors (Lipinski definition) is 4. The van der Waals surface area contributed by atoms with Crippen LogP contribution in [0.25, 0.3) is 0 Å². The third kappa shape index (κ3) is 5.26. The first-order valence-corrected chi connectivity index (χ1v) is 10.1. The van der Waals surface area contributed by atoms with Gasteiger partial charge in [-0.3, -0.25) is 0 Å². The van der Waals surface area contributed by atoms with Crippen LogP contribution in [0.1, 0.15) is 88.8 Å². The molecule has 0 atom stereocenters. The number of hydrogen-bond donors (Lipinski definition) is 4. The van der Waals surface area contributed by atoms with E-state index in [1.807, 2.05) is 36.4 Å². The van der Waals surface area contributed by atoms with Gasteiger partial charge in [-0.05, 0) is 95.2 Å². The molecule has 0 fully saturated rings. The van der Waals surface area contributed by atoms with Gasteiger partial charge in [-0.25, -0.2) is 0 Å². The summed E-state index contributed by atoms with van der Waals surface area (Å²) in [7, 11) is 0. The van der Waals surface area contributed by atoms with Gasteiger partial charge < -0.3 is 20.4 Å². The van der Waals surface area contributed by atoms with E-state index in [4.69, 9.17) is 0 Å². The largest absolute Gasteiger partial charge is 0.386 e. The Balaban J connectivity index is 3.05. The lowest BCUT2D eigenvalue weighted by Gasteiger charge is -2.39. The SMILES string of the molecule is CC(C)(O)c1cc(Cc2ccccc2)c(C(C)(C)O)c(C(C)(C)O)c1C(C)(C)O. The third-order valence-electron chi connectivity index (χ3n) is 5.14. The summed E-state index contributed by atoms with van der Waals surface area (Å²) < 4.78 is 0. The Bertz CT molecular complexity index is 855. The topological polar surface area (TPSA) is 80.9 Å². The monoisotopic (exact) mass is 400 g/mol. The Labute approximate surface area is 174 Å². The molecular formula is C25H36O4. The van der Waals surface area contributed by atoms with Gasteiger partial charge in [-0.15, -0.1) is 0 Å². The molecule has 4 nitrogen and oxygen atoms in total. The maximum absolute atomic E-state index is 11.2. The molecule has 0 heterocycles. The van der Waals surface area contributed by atoms with E-state index >= 15 is 0 Å². The number of aliphatic hydroxyl groups is 4. The van der Waals surface area contributed by atoms with Crippen LogP contribution in [-0.2, 0) is 28.8 Å². The van der Waals surface area contributed by atoms with E-state index in [9.17, 15) is 20.4 Å². The molecule has 0 aliphatic rings. The van der Waals surface area contributed by atoms with Crippen molar-refractivity contribution in [3.63, 3.8) is 0 Å². The fourth-order valence-electron chi connectivity index (χ4n) is 4.12. The van der Waals surface area contributed by atoms with Gasteiger partial charge in [0.2, 0.25) is 0 Å². The van der Waals surface area contributed by atoms with Crippen molar-refractivity contribution in [3.8, 4) is 0 Å². The van der Waals surface area contributed by atoms with Crippen molar-refractivity contribution in [1.29, 1.82) is 0 Å². The molecule has 0 spiro atoms. The highest BCUT2D eigenvalue weighted by Crippen LogP contribution is 2.45. The first kappa shape index (κ1) is 23.6. The summed E-state index contributed by atoms with van der Waals surface area (Å²) in [6.07, 6.45) is 0.526. The molecule has 4 heteroatoms. The maximum atomic E-state index is 11.2. The number of benzene rings is 2. The zero-order valence-corrected chi connectivity index (χ0v) is 19.0. The lowest BCUT2D eigenvalue weighted by molar-refractivity contribution is 0.0290. The average molecular weight is 401 g/mol. The van der Waals surface area contributed by atoms with Crippen molar-refractivity contribution in [2.24, 2.45) is 0 Å². The van der Waals surface area contributed by atoms with Gasteiger partial charge in [0.1, 0.15) is 0 Å². The molecule has 4 N–H and O–H groups in total. The van der Waals surface area contributed by atoms with Crippen molar-refractivity contribution in [3.05, 3.63) is 69.8 Å². The molecule has 0 radical (unpaired) electrons. The molecule has 0 unspecified atom stereocenters. The molecule has 0 bridgehead atoms. The van der Waals surface area contributed by atoms with Gasteiger partial charge in [-0.2, -0.15) is 0 Å². The Morgan fingerprint density at radius 1 is 0.586 bits per heavy atom. The average Bonchev–Trinajstić information content (AvgIpc) is 2.50. The van der Waals surface area contributed by atoms with E-state index in [1.165, 1.54) is 0 Å². The van der Waals surface area contributed by atoms with Crippen LogP contribution in [0.15, 0.2) is 36.4 Å². The van der Waals surface area contributed by atoms with Gasteiger partial charge in [0.15, 0.2) is 0 Å². The molecule has 0 saturated heterocycles. The molecular weight excluding hydrogens is 364 g/mol. The van der Waals surface area contributed by atoms with Gasteiger partial charge in [0, 0.05) is 0 Å². The lowest BCUT2D eigenvalue weighted by atomic mass is 9.71. The predicted molar refractivity (Wildman–Crippen MR) is 117 cm³/mol. The first-order chi connectivity index (χ1) is 12.9. The second kappa shape index (κ2) is 7.51. The molecule has 0 aliphatic heterocycles. The fraction of sp³-hybridized carbons (Fsp3) is 0.520. The van der Waals surface area contributed by atoms with E-state index in [2.05, 4.69) is 0 Å². The third-order valence-corrected chi connectivity index (χ3v) is 5.14. The smallest absolute Gasteiger partial charge is 0.0848 e. The Morgan fingerprint density at radius 2 is 1.03 bits per heavy atom. The fourth-order valence-corrected chi connectivity index (χ4v) is 4.12. The summed E-state index contributed by atoms with van der Waals surface area (Å²) in [5.41, 5.74) is -1.30. The van der Waals surface area contributed by atoms with Crippen LogP contribution in [0, 0.1) is 0 Å². The van der Waals surface area contributed by atoms with E-state index in [0.29, 0.717) is 28.7 Å². The van der Waals surface area contributed by atoms with E-state index < -0.39 is 22.4 Å². The molecule has 2 rings (SSSR count). The van der Waals surface area contributed by atoms with Gasteiger partial charge in [0.25, 0.3) is 0 Å². The minimum Gasteiger partial charge on any atom is -0.386 e. The van der Waals surface area contributed by atoms with Gasteiger partial charge in [0.05, 0.1) is 22.4 Å². The van der Waals surface area contributed by atoms with Crippen LogP contribution in [-0.4, -0.2) is 20.4 Å². The second-order valence-electron chi connectivity index (χ2n) is 10.1. The summed E-state index contributed by atoms with van der Waals surface area (Å²) in [5.74, 6) is 0. The van der Waals surface area contributed by atoms with E-state index in [1.54, 1.807) is 55.4 Å². The van der Waals surface area contributed by atoms with Crippen LogP contribution < -0.4 is 0 Å². The van der Waals surface area contributed by atoms with Gasteiger partial charge in [-0.1, -0.05) is 36.4 Å². The van der Waals surface area contributed by atoms with Crippen molar-refractivity contribution in [2.75, 3.05) is 0 Å². The van der Waals surface area contributed by atoms with Gasteiger partial charge >= 0.3 is 0 Å². The Morgan fingerprint density at radius 3 is 1.41 bits per heavy atom. The normalized spacial score (nSPS) is 13.7. The molecule has 0 aliphatic carbocycles. The summed E-state index contributed by atoms with van der Waals surface area (Å²) in [6.45, 7) is 13.3. The standard InChI is InChI=1S/C25H36O4/c1-22(2,26)18-15-17(14-16-12-10-9-11-13-16)19(23(3,4)27)21(25(7,8)29)20(18)24(5,6)28/h9-13,15,26-29H,14H2,1-8H3. The Kier molecular flexibility index (Phi) is 6.10.